The molecular weight excluding hydrogens is 462 g/mol. The third kappa shape index (κ3) is 6.05. The molecule has 180 valence electrons. The lowest BCUT2D eigenvalue weighted by Gasteiger charge is -2.14. The molecule has 2 aromatic carbocycles. The molecule has 9 nitrogen and oxygen atoms in total. The molecule has 0 bridgehead atoms. The second-order valence-electron chi connectivity index (χ2n) is 7.51. The molecule has 1 aromatic heterocycles. The molecule has 34 heavy (non-hydrogen) atoms. The molecular formula is C24H26ClN3O6. The second-order valence-corrected chi connectivity index (χ2v) is 7.92. The van der Waals surface area contributed by atoms with Crippen LogP contribution in [0.1, 0.15) is 25.3 Å². The zero-order valence-corrected chi connectivity index (χ0v) is 19.9. The van der Waals surface area contributed by atoms with E-state index in [1.54, 1.807) is 30.3 Å². The Hall–Kier alpha value is -3.59. The van der Waals surface area contributed by atoms with Crippen molar-refractivity contribution in [3.05, 3.63) is 63.7 Å². The predicted octanol–water partition coefficient (Wildman–Crippen LogP) is 3.10. The molecule has 0 saturated carbocycles. The molecule has 10 heteroatoms. The van der Waals surface area contributed by atoms with Crippen LogP contribution in [-0.2, 0) is 27.4 Å². The fraction of sp³-hybridized carbons (Fsp3) is 0.333. The normalized spacial score (nSPS) is 11.6. The number of carbonyl (C=O) groups excluding carboxylic acids is 2. The lowest BCUT2D eigenvalue weighted by Crippen LogP contribution is -2.35. The summed E-state index contributed by atoms with van der Waals surface area (Å²) in [5.41, 5.74) is 0.989. The summed E-state index contributed by atoms with van der Waals surface area (Å²) in [6.45, 7) is 1.99. The molecule has 0 aliphatic heterocycles. The number of nitrogens with zero attached hydrogens (tertiary/aromatic N) is 2. The van der Waals surface area contributed by atoms with Gasteiger partial charge in [-0.3, -0.25) is 19.0 Å². The van der Waals surface area contributed by atoms with Gasteiger partial charge < -0.3 is 19.5 Å². The van der Waals surface area contributed by atoms with Crippen LogP contribution >= 0.6 is 11.6 Å². The molecule has 0 saturated heterocycles. The van der Waals surface area contributed by atoms with E-state index in [1.165, 1.54) is 32.0 Å². The van der Waals surface area contributed by atoms with Crippen LogP contribution in [0.3, 0.4) is 0 Å². The van der Waals surface area contributed by atoms with Gasteiger partial charge in [-0.25, -0.2) is 4.98 Å². The van der Waals surface area contributed by atoms with E-state index < -0.39 is 18.0 Å². The van der Waals surface area contributed by atoms with Gasteiger partial charge in [0.25, 0.3) is 11.5 Å². The van der Waals surface area contributed by atoms with Crippen LogP contribution in [0, 0.1) is 0 Å². The molecule has 0 aliphatic carbocycles. The fourth-order valence-electron chi connectivity index (χ4n) is 3.32. The molecule has 1 atom stereocenters. The minimum atomic E-state index is -0.956. The SMILES string of the molecule is COc1cc2ncn(CCCC(=O)OC(C)C(=O)NCc3ccccc3Cl)c(=O)c2cc1OC. The molecule has 0 radical (unpaired) electrons. The van der Waals surface area contributed by atoms with Crippen molar-refractivity contribution < 1.29 is 23.8 Å². The first-order valence-corrected chi connectivity index (χ1v) is 11.0. The summed E-state index contributed by atoms with van der Waals surface area (Å²) >= 11 is 6.07. The quantitative estimate of drug-likeness (QED) is 0.438. The highest BCUT2D eigenvalue weighted by atomic mass is 35.5. The number of hydrogen-bond acceptors (Lipinski definition) is 7. The Kier molecular flexibility index (Phi) is 8.48. The number of methoxy groups -OCH3 is 2. The summed E-state index contributed by atoms with van der Waals surface area (Å²) in [5.74, 6) is -0.0503. The van der Waals surface area contributed by atoms with Gasteiger partial charge in [0.1, 0.15) is 0 Å². The smallest absolute Gasteiger partial charge is 0.306 e. The number of benzene rings is 2. The Morgan fingerprint density at radius 1 is 1.15 bits per heavy atom. The molecule has 3 aromatic rings. The number of aromatic nitrogens is 2. The number of amides is 1. The molecule has 0 fully saturated rings. The Bertz CT molecular complexity index is 1240. The van der Waals surface area contributed by atoms with Gasteiger partial charge >= 0.3 is 5.97 Å². The Morgan fingerprint density at radius 3 is 2.56 bits per heavy atom. The first-order chi connectivity index (χ1) is 16.3. The Labute approximate surface area is 201 Å². The third-order valence-corrected chi connectivity index (χ3v) is 5.57. The first-order valence-electron chi connectivity index (χ1n) is 10.7. The van der Waals surface area contributed by atoms with Crippen molar-refractivity contribution in [3.63, 3.8) is 0 Å². The second kappa shape index (κ2) is 11.5. The minimum Gasteiger partial charge on any atom is -0.493 e. The molecule has 1 unspecified atom stereocenters. The van der Waals surface area contributed by atoms with Crippen LogP contribution in [0.25, 0.3) is 10.9 Å². The first kappa shape index (κ1) is 25.0. The van der Waals surface area contributed by atoms with Crippen molar-refractivity contribution in [1.29, 1.82) is 0 Å². The summed E-state index contributed by atoms with van der Waals surface area (Å²) in [4.78, 5) is 41.5. The van der Waals surface area contributed by atoms with Gasteiger partial charge in [-0.1, -0.05) is 29.8 Å². The van der Waals surface area contributed by atoms with Gasteiger partial charge in [-0.05, 0) is 31.0 Å². The van der Waals surface area contributed by atoms with E-state index in [1.807, 2.05) is 6.07 Å². The van der Waals surface area contributed by atoms with E-state index in [9.17, 15) is 14.4 Å². The minimum absolute atomic E-state index is 0.0402. The van der Waals surface area contributed by atoms with E-state index in [2.05, 4.69) is 10.3 Å². The maximum atomic E-state index is 12.8. The lowest BCUT2D eigenvalue weighted by molar-refractivity contribution is -0.155. The van der Waals surface area contributed by atoms with Crippen molar-refractivity contribution >= 4 is 34.4 Å². The van der Waals surface area contributed by atoms with Crippen LogP contribution in [0.15, 0.2) is 47.5 Å². The van der Waals surface area contributed by atoms with Crippen molar-refractivity contribution in [2.24, 2.45) is 0 Å². The predicted molar refractivity (Wildman–Crippen MR) is 127 cm³/mol. The van der Waals surface area contributed by atoms with Crippen LogP contribution in [0.4, 0.5) is 0 Å². The van der Waals surface area contributed by atoms with Crippen molar-refractivity contribution in [3.8, 4) is 11.5 Å². The van der Waals surface area contributed by atoms with E-state index in [0.29, 0.717) is 33.8 Å². The summed E-state index contributed by atoms with van der Waals surface area (Å²) in [5, 5.41) is 3.62. The number of carbonyl (C=O) groups is 2. The van der Waals surface area contributed by atoms with Crippen molar-refractivity contribution in [1.82, 2.24) is 14.9 Å². The fourth-order valence-corrected chi connectivity index (χ4v) is 3.52. The van der Waals surface area contributed by atoms with Gasteiger partial charge in [-0.2, -0.15) is 0 Å². The zero-order chi connectivity index (χ0) is 24.7. The maximum Gasteiger partial charge on any atom is 0.306 e. The van der Waals surface area contributed by atoms with Gasteiger partial charge in [-0.15, -0.1) is 0 Å². The largest absolute Gasteiger partial charge is 0.493 e. The van der Waals surface area contributed by atoms with Gasteiger partial charge in [0.15, 0.2) is 17.6 Å². The summed E-state index contributed by atoms with van der Waals surface area (Å²) in [6, 6.07) is 10.4. The topological polar surface area (TPSA) is 109 Å². The average molecular weight is 488 g/mol. The molecule has 0 spiro atoms. The maximum absolute atomic E-state index is 12.8. The number of rotatable bonds is 10. The standard InChI is InChI=1S/C24H26ClN3O6/c1-15(23(30)26-13-16-7-4-5-8-18(16)25)34-22(29)9-6-10-28-14-27-19-12-21(33-3)20(32-2)11-17(19)24(28)31/h4-5,7-8,11-12,14-15H,6,9-10,13H2,1-3H3,(H,26,30). The Morgan fingerprint density at radius 2 is 1.85 bits per heavy atom. The third-order valence-electron chi connectivity index (χ3n) is 5.20. The monoisotopic (exact) mass is 487 g/mol. The average Bonchev–Trinajstić information content (AvgIpc) is 2.83. The van der Waals surface area contributed by atoms with Crippen LogP contribution < -0.4 is 20.3 Å². The summed E-state index contributed by atoms with van der Waals surface area (Å²) in [7, 11) is 3.00. The van der Waals surface area contributed by atoms with Crippen LogP contribution in [0.2, 0.25) is 5.02 Å². The number of ether oxygens (including phenoxy) is 3. The summed E-state index contributed by atoms with van der Waals surface area (Å²) in [6.07, 6.45) is 0.848. The number of esters is 1. The van der Waals surface area contributed by atoms with E-state index in [4.69, 9.17) is 25.8 Å². The van der Waals surface area contributed by atoms with Gasteiger partial charge in [0.2, 0.25) is 0 Å². The zero-order valence-electron chi connectivity index (χ0n) is 19.2. The van der Waals surface area contributed by atoms with Crippen molar-refractivity contribution in [2.45, 2.75) is 39.0 Å². The number of nitrogens with one attached hydrogen (secondary N) is 1. The molecule has 3 rings (SSSR count). The molecule has 1 N–H and O–H groups in total. The molecule has 1 heterocycles. The highest BCUT2D eigenvalue weighted by Gasteiger charge is 2.18. The number of hydrogen-bond donors (Lipinski definition) is 1. The molecule has 0 aliphatic rings. The lowest BCUT2D eigenvalue weighted by atomic mass is 10.2. The van der Waals surface area contributed by atoms with E-state index in [0.717, 1.165) is 5.56 Å². The van der Waals surface area contributed by atoms with Gasteiger partial charge in [0, 0.05) is 30.6 Å². The number of fused-ring (bicyclic) bond motifs is 1. The summed E-state index contributed by atoms with van der Waals surface area (Å²) < 4.78 is 17.1. The molecule has 1 amide bonds. The number of aryl methyl sites for hydroxylation is 1. The highest BCUT2D eigenvalue weighted by molar-refractivity contribution is 6.31. The van der Waals surface area contributed by atoms with E-state index in [-0.39, 0.29) is 25.1 Å². The van der Waals surface area contributed by atoms with E-state index >= 15 is 0 Å². The van der Waals surface area contributed by atoms with Crippen molar-refractivity contribution in [2.75, 3.05) is 14.2 Å². The Balaban J connectivity index is 1.52. The van der Waals surface area contributed by atoms with Gasteiger partial charge in [0.05, 0.1) is 31.4 Å². The highest BCUT2D eigenvalue weighted by Crippen LogP contribution is 2.29. The van der Waals surface area contributed by atoms with Crippen LogP contribution in [-0.4, -0.2) is 41.8 Å². The van der Waals surface area contributed by atoms with Crippen LogP contribution in [0.5, 0.6) is 11.5 Å². The number of halogens is 1.